The normalized spacial score (nSPS) is 11.4. The van der Waals surface area contributed by atoms with Gasteiger partial charge in [0.1, 0.15) is 11.5 Å². The molecule has 0 atom stereocenters. The van der Waals surface area contributed by atoms with Gasteiger partial charge in [-0.3, -0.25) is 0 Å². The van der Waals surface area contributed by atoms with E-state index in [1.807, 2.05) is 0 Å². The van der Waals surface area contributed by atoms with Crippen LogP contribution in [0, 0.1) is 0 Å². The summed E-state index contributed by atoms with van der Waals surface area (Å²) in [6.45, 7) is 2.55. The molecule has 9 heteroatoms. The predicted octanol–water partition coefficient (Wildman–Crippen LogP) is 1.83. The molecule has 6 nitrogen and oxygen atoms in total. The third kappa shape index (κ3) is 4.60. The molecule has 112 valence electrons. The smallest absolute Gasteiger partial charge is 0.339 e. The Morgan fingerprint density at radius 2 is 1.90 bits per heavy atom. The lowest BCUT2D eigenvalue weighted by Gasteiger charge is -2.09. The van der Waals surface area contributed by atoms with E-state index in [0.717, 1.165) is 12.1 Å². The summed E-state index contributed by atoms with van der Waals surface area (Å²) >= 11 is 11.6. The monoisotopic (exact) mass is 341 g/mol. The van der Waals surface area contributed by atoms with Crippen LogP contribution >= 0.6 is 23.2 Å². The van der Waals surface area contributed by atoms with Crippen molar-refractivity contribution in [1.82, 2.24) is 0 Å². The number of carbonyl (C=O) groups excluding carboxylic acids is 1. The first-order valence-electron chi connectivity index (χ1n) is 5.54. The van der Waals surface area contributed by atoms with Crippen LogP contribution in [0.4, 0.5) is 0 Å². The SMILES string of the molecule is CCOCCOC(=O)c1cc(S(N)(=O)=O)c(Cl)cc1Cl. The molecule has 0 saturated carbocycles. The van der Waals surface area contributed by atoms with Gasteiger partial charge in [-0.2, -0.15) is 0 Å². The lowest BCUT2D eigenvalue weighted by Crippen LogP contribution is -2.15. The quantitative estimate of drug-likeness (QED) is 0.629. The highest BCUT2D eigenvalue weighted by molar-refractivity contribution is 7.89. The molecular formula is C11H13Cl2NO5S. The number of sulfonamides is 1. The van der Waals surface area contributed by atoms with Gasteiger partial charge in [0, 0.05) is 6.61 Å². The standard InChI is InChI=1S/C11H13Cl2NO5S/c1-2-18-3-4-19-11(15)7-5-10(20(14,16)17)9(13)6-8(7)12/h5-6H,2-4H2,1H3,(H2,14,16,17). The van der Waals surface area contributed by atoms with E-state index in [0.29, 0.717) is 6.61 Å². The van der Waals surface area contributed by atoms with Gasteiger partial charge < -0.3 is 9.47 Å². The summed E-state index contributed by atoms with van der Waals surface area (Å²) in [4.78, 5) is 11.4. The molecular weight excluding hydrogens is 329 g/mol. The molecule has 20 heavy (non-hydrogen) atoms. The molecule has 0 heterocycles. The number of nitrogens with two attached hydrogens (primary N) is 1. The Labute approximate surface area is 126 Å². The van der Waals surface area contributed by atoms with E-state index in [4.69, 9.17) is 37.8 Å². The Hall–Kier alpha value is -0.860. The Morgan fingerprint density at radius 1 is 1.25 bits per heavy atom. The molecule has 0 aliphatic rings. The molecule has 0 fully saturated rings. The zero-order valence-corrected chi connectivity index (χ0v) is 12.9. The summed E-state index contributed by atoms with van der Waals surface area (Å²) in [5.74, 6) is -0.781. The van der Waals surface area contributed by atoms with Gasteiger partial charge in [-0.05, 0) is 19.1 Å². The van der Waals surface area contributed by atoms with Gasteiger partial charge in [-0.25, -0.2) is 18.4 Å². The van der Waals surface area contributed by atoms with E-state index in [-0.39, 0.29) is 33.7 Å². The first-order chi connectivity index (χ1) is 9.27. The van der Waals surface area contributed by atoms with Crippen molar-refractivity contribution >= 4 is 39.2 Å². The first-order valence-corrected chi connectivity index (χ1v) is 7.84. The van der Waals surface area contributed by atoms with Crippen LogP contribution in [0.3, 0.4) is 0 Å². The average molecular weight is 342 g/mol. The number of benzene rings is 1. The van der Waals surface area contributed by atoms with Crippen LogP contribution < -0.4 is 5.14 Å². The van der Waals surface area contributed by atoms with Crippen LogP contribution in [0.25, 0.3) is 0 Å². The van der Waals surface area contributed by atoms with Gasteiger partial charge in [0.25, 0.3) is 0 Å². The first kappa shape index (κ1) is 17.2. The van der Waals surface area contributed by atoms with E-state index in [1.54, 1.807) is 6.92 Å². The number of carbonyl (C=O) groups is 1. The second-order valence-corrected chi connectivity index (χ2v) is 5.98. The number of hydrogen-bond donors (Lipinski definition) is 1. The van der Waals surface area contributed by atoms with Crippen molar-refractivity contribution in [2.45, 2.75) is 11.8 Å². The Kier molecular flexibility index (Phi) is 6.22. The fourth-order valence-electron chi connectivity index (χ4n) is 1.32. The molecule has 0 aromatic heterocycles. The average Bonchev–Trinajstić information content (AvgIpc) is 2.32. The van der Waals surface area contributed by atoms with Crippen LogP contribution in [0.15, 0.2) is 17.0 Å². The van der Waals surface area contributed by atoms with E-state index in [2.05, 4.69) is 0 Å². The molecule has 1 rings (SSSR count). The second-order valence-electron chi connectivity index (χ2n) is 3.64. The van der Waals surface area contributed by atoms with Crippen molar-refractivity contribution < 1.29 is 22.7 Å². The van der Waals surface area contributed by atoms with Crippen LogP contribution in [0.1, 0.15) is 17.3 Å². The number of esters is 1. The molecule has 1 aromatic carbocycles. The summed E-state index contributed by atoms with van der Waals surface area (Å²) in [6, 6.07) is 2.12. The molecule has 0 aliphatic carbocycles. The zero-order valence-electron chi connectivity index (χ0n) is 10.6. The topological polar surface area (TPSA) is 95.7 Å². The molecule has 0 aliphatic heterocycles. The minimum absolute atomic E-state index is 0.0241. The van der Waals surface area contributed by atoms with Crippen molar-refractivity contribution in [2.75, 3.05) is 19.8 Å². The lowest BCUT2D eigenvalue weighted by atomic mass is 10.2. The minimum atomic E-state index is -4.06. The van der Waals surface area contributed by atoms with Gasteiger partial charge in [-0.1, -0.05) is 23.2 Å². The van der Waals surface area contributed by atoms with Crippen molar-refractivity contribution in [1.29, 1.82) is 0 Å². The number of rotatable bonds is 6. The summed E-state index contributed by atoms with van der Waals surface area (Å²) in [6.07, 6.45) is 0. The highest BCUT2D eigenvalue weighted by Crippen LogP contribution is 2.28. The maximum Gasteiger partial charge on any atom is 0.339 e. The number of primary sulfonamides is 1. The molecule has 0 spiro atoms. The molecule has 0 bridgehead atoms. The second kappa shape index (κ2) is 7.24. The Bertz CT molecular complexity index is 603. The summed E-state index contributed by atoms with van der Waals surface area (Å²) in [5.41, 5.74) is -0.128. The predicted molar refractivity (Wildman–Crippen MR) is 74.6 cm³/mol. The number of ether oxygens (including phenoxy) is 2. The van der Waals surface area contributed by atoms with Gasteiger partial charge >= 0.3 is 5.97 Å². The fourth-order valence-corrected chi connectivity index (χ4v) is 2.71. The van der Waals surface area contributed by atoms with E-state index in [1.165, 1.54) is 0 Å². The van der Waals surface area contributed by atoms with Crippen molar-refractivity contribution in [3.63, 3.8) is 0 Å². The lowest BCUT2D eigenvalue weighted by molar-refractivity contribution is 0.0335. The van der Waals surface area contributed by atoms with Crippen LogP contribution in [0.2, 0.25) is 10.0 Å². The Balaban J connectivity index is 2.98. The van der Waals surface area contributed by atoms with E-state index >= 15 is 0 Å². The maximum atomic E-state index is 11.8. The van der Waals surface area contributed by atoms with Crippen LogP contribution in [-0.2, 0) is 19.5 Å². The highest BCUT2D eigenvalue weighted by Gasteiger charge is 2.20. The van der Waals surface area contributed by atoms with E-state index < -0.39 is 16.0 Å². The van der Waals surface area contributed by atoms with E-state index in [9.17, 15) is 13.2 Å². The summed E-state index contributed by atoms with van der Waals surface area (Å²) in [5, 5.41) is 4.80. The maximum absolute atomic E-state index is 11.8. The molecule has 0 saturated heterocycles. The third-order valence-corrected chi connectivity index (χ3v) is 3.90. The minimum Gasteiger partial charge on any atom is -0.460 e. The van der Waals surface area contributed by atoms with Gasteiger partial charge in [-0.15, -0.1) is 0 Å². The Morgan fingerprint density at radius 3 is 2.45 bits per heavy atom. The van der Waals surface area contributed by atoms with Gasteiger partial charge in [0.15, 0.2) is 0 Å². The zero-order chi connectivity index (χ0) is 15.3. The van der Waals surface area contributed by atoms with Crippen LogP contribution in [-0.4, -0.2) is 34.2 Å². The molecule has 0 unspecified atom stereocenters. The molecule has 2 N–H and O–H groups in total. The summed E-state index contributed by atoms with van der Waals surface area (Å²) in [7, 11) is -4.06. The number of hydrogen-bond acceptors (Lipinski definition) is 5. The fraction of sp³-hybridized carbons (Fsp3) is 0.364. The van der Waals surface area contributed by atoms with Crippen molar-refractivity contribution in [2.24, 2.45) is 5.14 Å². The largest absolute Gasteiger partial charge is 0.460 e. The van der Waals surface area contributed by atoms with Crippen LogP contribution in [0.5, 0.6) is 0 Å². The van der Waals surface area contributed by atoms with Crippen molar-refractivity contribution in [3.05, 3.63) is 27.7 Å². The number of halogens is 2. The van der Waals surface area contributed by atoms with Gasteiger partial charge in [0.2, 0.25) is 10.0 Å². The molecule has 1 aromatic rings. The molecule has 0 radical (unpaired) electrons. The van der Waals surface area contributed by atoms with Crippen molar-refractivity contribution in [3.8, 4) is 0 Å². The third-order valence-electron chi connectivity index (χ3n) is 2.21. The van der Waals surface area contributed by atoms with Gasteiger partial charge in [0.05, 0.1) is 22.2 Å². The highest BCUT2D eigenvalue weighted by atomic mass is 35.5. The molecule has 0 amide bonds. The summed E-state index contributed by atoms with van der Waals surface area (Å²) < 4.78 is 32.5.